The van der Waals surface area contributed by atoms with Gasteiger partial charge >= 0.3 is 0 Å². The number of rotatable bonds is 6. The summed E-state index contributed by atoms with van der Waals surface area (Å²) in [6.07, 6.45) is 8.99. The number of nitrogens with one attached hydrogen (secondary N) is 1. The van der Waals surface area contributed by atoms with Crippen molar-refractivity contribution < 1.29 is 9.63 Å². The van der Waals surface area contributed by atoms with Crippen LogP contribution >= 0.6 is 0 Å². The van der Waals surface area contributed by atoms with E-state index >= 15 is 0 Å². The average molecular weight is 295 g/mol. The summed E-state index contributed by atoms with van der Waals surface area (Å²) in [7, 11) is 0. The van der Waals surface area contributed by atoms with Gasteiger partial charge in [-0.25, -0.2) is 0 Å². The fraction of sp³-hybridized carbons (Fsp3) is 0.875. The second-order valence-electron chi connectivity index (χ2n) is 6.11. The van der Waals surface area contributed by atoms with Gasteiger partial charge in [0.05, 0.1) is 12.3 Å². The van der Waals surface area contributed by atoms with Crippen molar-refractivity contribution in [1.29, 1.82) is 0 Å². The summed E-state index contributed by atoms with van der Waals surface area (Å²) < 4.78 is 0. The zero-order chi connectivity index (χ0) is 14.9. The lowest BCUT2D eigenvalue weighted by Crippen LogP contribution is -2.36. The Hall–Kier alpha value is -1.10. The molecule has 1 unspecified atom stereocenters. The van der Waals surface area contributed by atoms with Crippen LogP contribution in [0.15, 0.2) is 5.16 Å². The number of amides is 1. The van der Waals surface area contributed by atoms with Gasteiger partial charge < -0.3 is 15.1 Å². The SMILES string of the molecule is CCC1=NOC(CNC(=O)CCN2CCCCCCC2)C1. The quantitative estimate of drug-likeness (QED) is 0.818. The largest absolute Gasteiger partial charge is 0.390 e. The highest BCUT2D eigenvalue weighted by atomic mass is 16.6. The predicted molar refractivity (Wildman–Crippen MR) is 84.4 cm³/mol. The summed E-state index contributed by atoms with van der Waals surface area (Å²) in [4.78, 5) is 19.6. The minimum absolute atomic E-state index is 0.0330. The number of nitrogens with zero attached hydrogens (tertiary/aromatic N) is 2. The lowest BCUT2D eigenvalue weighted by atomic mass is 10.1. The molecule has 120 valence electrons. The number of likely N-dealkylation sites (tertiary alicyclic amines) is 1. The topological polar surface area (TPSA) is 53.9 Å². The molecule has 0 aliphatic carbocycles. The van der Waals surface area contributed by atoms with Gasteiger partial charge in [-0.2, -0.15) is 0 Å². The molecule has 1 saturated heterocycles. The first kappa shape index (κ1) is 16.3. The third-order valence-corrected chi connectivity index (χ3v) is 4.33. The van der Waals surface area contributed by atoms with Crippen molar-refractivity contribution in [3.63, 3.8) is 0 Å². The fourth-order valence-electron chi connectivity index (χ4n) is 2.92. The number of oxime groups is 1. The zero-order valence-electron chi connectivity index (χ0n) is 13.3. The minimum atomic E-state index is 0.0330. The maximum atomic E-state index is 11.9. The second-order valence-corrected chi connectivity index (χ2v) is 6.11. The Morgan fingerprint density at radius 3 is 2.67 bits per heavy atom. The van der Waals surface area contributed by atoms with Gasteiger partial charge in [0.2, 0.25) is 5.91 Å². The van der Waals surface area contributed by atoms with E-state index in [-0.39, 0.29) is 12.0 Å². The summed E-state index contributed by atoms with van der Waals surface area (Å²) in [6.45, 7) is 5.83. The van der Waals surface area contributed by atoms with E-state index in [0.29, 0.717) is 13.0 Å². The molecule has 1 amide bonds. The van der Waals surface area contributed by atoms with Gasteiger partial charge in [0, 0.05) is 19.4 Å². The van der Waals surface area contributed by atoms with Crippen LogP contribution in [0.25, 0.3) is 0 Å². The Labute approximate surface area is 128 Å². The Morgan fingerprint density at radius 2 is 2.00 bits per heavy atom. The third kappa shape index (κ3) is 6.04. The lowest BCUT2D eigenvalue weighted by Gasteiger charge is -2.24. The smallest absolute Gasteiger partial charge is 0.221 e. The van der Waals surface area contributed by atoms with E-state index in [4.69, 9.17) is 4.84 Å². The van der Waals surface area contributed by atoms with Crippen molar-refractivity contribution >= 4 is 11.6 Å². The van der Waals surface area contributed by atoms with Gasteiger partial charge in [-0.3, -0.25) is 4.79 Å². The third-order valence-electron chi connectivity index (χ3n) is 4.33. The van der Waals surface area contributed by atoms with Crippen LogP contribution in [0.5, 0.6) is 0 Å². The Bertz CT molecular complexity index is 349. The molecule has 0 radical (unpaired) electrons. The summed E-state index contributed by atoms with van der Waals surface area (Å²) >= 11 is 0. The van der Waals surface area contributed by atoms with Gasteiger partial charge in [-0.05, 0) is 32.4 Å². The number of carbonyl (C=O) groups is 1. The van der Waals surface area contributed by atoms with Crippen molar-refractivity contribution in [2.24, 2.45) is 5.16 Å². The molecule has 0 saturated carbocycles. The molecule has 1 atom stereocenters. The van der Waals surface area contributed by atoms with E-state index < -0.39 is 0 Å². The van der Waals surface area contributed by atoms with E-state index in [0.717, 1.165) is 38.2 Å². The number of hydrogen-bond acceptors (Lipinski definition) is 4. The molecular weight excluding hydrogens is 266 g/mol. The first-order chi connectivity index (χ1) is 10.3. The molecule has 0 aromatic heterocycles. The first-order valence-electron chi connectivity index (χ1n) is 8.48. The van der Waals surface area contributed by atoms with Gasteiger partial charge in [0.15, 0.2) is 0 Å². The predicted octanol–water partition coefficient (Wildman–Crippen LogP) is 2.31. The van der Waals surface area contributed by atoms with E-state index in [1.165, 1.54) is 32.1 Å². The molecule has 2 aliphatic rings. The van der Waals surface area contributed by atoms with Gasteiger partial charge in [0.25, 0.3) is 0 Å². The van der Waals surface area contributed by atoms with Crippen LogP contribution in [0, 0.1) is 0 Å². The molecular formula is C16H29N3O2. The molecule has 2 rings (SSSR count). The first-order valence-corrected chi connectivity index (χ1v) is 8.48. The summed E-state index contributed by atoms with van der Waals surface area (Å²) in [6, 6.07) is 0. The number of carbonyl (C=O) groups excluding carboxylic acids is 1. The highest BCUT2D eigenvalue weighted by molar-refractivity contribution is 5.85. The summed E-state index contributed by atoms with van der Waals surface area (Å²) in [5.74, 6) is 0.130. The molecule has 0 aromatic carbocycles. The maximum absolute atomic E-state index is 11.9. The van der Waals surface area contributed by atoms with Crippen LogP contribution in [0.1, 0.15) is 58.3 Å². The van der Waals surface area contributed by atoms with Gasteiger partial charge in [-0.15, -0.1) is 0 Å². The second kappa shape index (κ2) is 9.03. The molecule has 5 nitrogen and oxygen atoms in total. The van der Waals surface area contributed by atoms with Gasteiger partial charge in [-0.1, -0.05) is 31.3 Å². The molecule has 0 aromatic rings. The Morgan fingerprint density at radius 1 is 1.29 bits per heavy atom. The normalized spacial score (nSPS) is 23.9. The highest BCUT2D eigenvalue weighted by Crippen LogP contribution is 2.12. The minimum Gasteiger partial charge on any atom is -0.390 e. The van der Waals surface area contributed by atoms with Crippen LogP contribution in [0.4, 0.5) is 0 Å². The van der Waals surface area contributed by atoms with Crippen LogP contribution in [0.3, 0.4) is 0 Å². The summed E-state index contributed by atoms with van der Waals surface area (Å²) in [5.41, 5.74) is 1.09. The van der Waals surface area contributed by atoms with Crippen LogP contribution in [0.2, 0.25) is 0 Å². The van der Waals surface area contributed by atoms with Crippen molar-refractivity contribution in [2.75, 3.05) is 26.2 Å². The molecule has 2 aliphatic heterocycles. The Kier molecular flexibility index (Phi) is 7.00. The highest BCUT2D eigenvalue weighted by Gasteiger charge is 2.20. The van der Waals surface area contributed by atoms with Crippen molar-refractivity contribution in [3.05, 3.63) is 0 Å². The van der Waals surface area contributed by atoms with Crippen LogP contribution in [-0.2, 0) is 9.63 Å². The molecule has 0 spiro atoms. The molecule has 1 fully saturated rings. The van der Waals surface area contributed by atoms with E-state index in [9.17, 15) is 4.79 Å². The van der Waals surface area contributed by atoms with Crippen molar-refractivity contribution in [1.82, 2.24) is 10.2 Å². The molecule has 1 N–H and O–H groups in total. The lowest BCUT2D eigenvalue weighted by molar-refractivity contribution is -0.122. The van der Waals surface area contributed by atoms with Crippen molar-refractivity contribution in [2.45, 2.75) is 64.4 Å². The average Bonchev–Trinajstić information content (AvgIpc) is 2.92. The number of hydrogen-bond donors (Lipinski definition) is 1. The molecule has 2 heterocycles. The molecule has 0 bridgehead atoms. The fourth-order valence-corrected chi connectivity index (χ4v) is 2.92. The maximum Gasteiger partial charge on any atom is 0.221 e. The van der Waals surface area contributed by atoms with Crippen LogP contribution < -0.4 is 5.32 Å². The van der Waals surface area contributed by atoms with E-state index in [1.807, 2.05) is 0 Å². The summed E-state index contributed by atoms with van der Waals surface area (Å²) in [5, 5.41) is 6.98. The molecule has 5 heteroatoms. The zero-order valence-corrected chi connectivity index (χ0v) is 13.3. The van der Waals surface area contributed by atoms with E-state index in [1.54, 1.807) is 0 Å². The monoisotopic (exact) mass is 295 g/mol. The van der Waals surface area contributed by atoms with Crippen LogP contribution in [-0.4, -0.2) is 48.8 Å². The standard InChI is InChI=1S/C16H29N3O2/c1-2-14-12-15(21-18-14)13-17-16(20)8-11-19-9-6-4-3-5-7-10-19/h15H,2-13H2,1H3,(H,17,20). The van der Waals surface area contributed by atoms with E-state index in [2.05, 4.69) is 22.3 Å². The molecule has 21 heavy (non-hydrogen) atoms. The van der Waals surface area contributed by atoms with Gasteiger partial charge in [0.1, 0.15) is 6.10 Å². The van der Waals surface area contributed by atoms with Crippen molar-refractivity contribution in [3.8, 4) is 0 Å². The Balaban J connectivity index is 1.57.